The van der Waals surface area contributed by atoms with Crippen LogP contribution in [0, 0.1) is 13.8 Å². The number of aromatic amines is 1. The molecule has 0 spiro atoms. The van der Waals surface area contributed by atoms with E-state index in [0.29, 0.717) is 11.4 Å². The van der Waals surface area contributed by atoms with Gasteiger partial charge in [0.1, 0.15) is 5.82 Å². The highest BCUT2D eigenvalue weighted by molar-refractivity contribution is 5.56. The van der Waals surface area contributed by atoms with E-state index in [2.05, 4.69) is 9.97 Å². The Labute approximate surface area is 99.5 Å². The van der Waals surface area contributed by atoms with Crippen LogP contribution in [0.4, 0.5) is 0 Å². The molecule has 0 amide bonds. The first-order valence-electron chi connectivity index (χ1n) is 5.47. The second-order valence-corrected chi connectivity index (χ2v) is 4.09. The Bertz CT molecular complexity index is 602. The largest absolute Gasteiger partial charge is 0.326 e. The van der Waals surface area contributed by atoms with Crippen molar-refractivity contribution in [2.24, 2.45) is 5.73 Å². The number of hydrogen-bond donors (Lipinski definition) is 2. The normalized spacial score (nSPS) is 10.5. The number of aryl methyl sites for hydroxylation is 2. The van der Waals surface area contributed by atoms with Gasteiger partial charge >= 0.3 is 0 Å². The Balaban J connectivity index is 2.50. The summed E-state index contributed by atoms with van der Waals surface area (Å²) < 4.78 is 0. The van der Waals surface area contributed by atoms with Gasteiger partial charge < -0.3 is 10.7 Å². The van der Waals surface area contributed by atoms with Gasteiger partial charge in [-0.15, -0.1) is 0 Å². The third-order valence-corrected chi connectivity index (χ3v) is 2.87. The molecule has 0 fully saturated rings. The van der Waals surface area contributed by atoms with Gasteiger partial charge in [-0.2, -0.15) is 0 Å². The van der Waals surface area contributed by atoms with Gasteiger partial charge in [0.05, 0.1) is 0 Å². The van der Waals surface area contributed by atoms with E-state index >= 15 is 0 Å². The third-order valence-electron chi connectivity index (χ3n) is 2.87. The maximum Gasteiger partial charge on any atom is 0.255 e. The van der Waals surface area contributed by atoms with E-state index in [-0.39, 0.29) is 12.1 Å². The standard InChI is InChI=1S/C13H15N3O/c1-8-3-4-10(5-9(8)2)12-15-7-11(6-14)13(17)16-12/h3-5,7H,6,14H2,1-2H3,(H,15,16,17). The Kier molecular flexibility index (Phi) is 3.06. The summed E-state index contributed by atoms with van der Waals surface area (Å²) in [4.78, 5) is 18.6. The second-order valence-electron chi connectivity index (χ2n) is 4.09. The van der Waals surface area contributed by atoms with Crippen molar-refractivity contribution < 1.29 is 0 Å². The zero-order valence-corrected chi connectivity index (χ0v) is 9.95. The average molecular weight is 229 g/mol. The van der Waals surface area contributed by atoms with E-state index in [1.54, 1.807) is 0 Å². The number of hydrogen-bond acceptors (Lipinski definition) is 3. The molecule has 0 aliphatic carbocycles. The predicted octanol–water partition coefficient (Wildman–Crippen LogP) is 1.51. The molecule has 88 valence electrons. The lowest BCUT2D eigenvalue weighted by atomic mass is 10.1. The highest BCUT2D eigenvalue weighted by Gasteiger charge is 2.04. The Morgan fingerprint density at radius 2 is 2.06 bits per heavy atom. The maximum absolute atomic E-state index is 11.6. The summed E-state index contributed by atoms with van der Waals surface area (Å²) >= 11 is 0. The van der Waals surface area contributed by atoms with E-state index < -0.39 is 0 Å². The van der Waals surface area contributed by atoms with Gasteiger partial charge in [0, 0.05) is 23.9 Å². The highest BCUT2D eigenvalue weighted by Crippen LogP contribution is 2.17. The summed E-state index contributed by atoms with van der Waals surface area (Å²) in [5.41, 5.74) is 9.05. The van der Waals surface area contributed by atoms with Crippen molar-refractivity contribution in [3.8, 4) is 11.4 Å². The fourth-order valence-corrected chi connectivity index (χ4v) is 1.60. The van der Waals surface area contributed by atoms with Gasteiger partial charge in [-0.25, -0.2) is 4.98 Å². The van der Waals surface area contributed by atoms with Gasteiger partial charge in [0.25, 0.3) is 5.56 Å². The Morgan fingerprint density at radius 3 is 2.65 bits per heavy atom. The molecular weight excluding hydrogens is 214 g/mol. The van der Waals surface area contributed by atoms with Crippen molar-refractivity contribution in [2.75, 3.05) is 0 Å². The number of nitrogens with zero attached hydrogens (tertiary/aromatic N) is 1. The molecule has 0 radical (unpaired) electrons. The molecule has 4 nitrogen and oxygen atoms in total. The topological polar surface area (TPSA) is 71.8 Å². The summed E-state index contributed by atoms with van der Waals surface area (Å²) in [6.45, 7) is 4.29. The molecule has 17 heavy (non-hydrogen) atoms. The van der Waals surface area contributed by atoms with E-state index in [1.165, 1.54) is 17.3 Å². The minimum atomic E-state index is -0.171. The van der Waals surface area contributed by atoms with Crippen molar-refractivity contribution in [3.63, 3.8) is 0 Å². The number of nitrogens with one attached hydrogen (secondary N) is 1. The minimum Gasteiger partial charge on any atom is -0.326 e. The summed E-state index contributed by atoms with van der Waals surface area (Å²) in [5, 5.41) is 0. The summed E-state index contributed by atoms with van der Waals surface area (Å²) in [6, 6.07) is 5.97. The van der Waals surface area contributed by atoms with Crippen molar-refractivity contribution in [1.29, 1.82) is 0 Å². The van der Waals surface area contributed by atoms with Crippen LogP contribution >= 0.6 is 0 Å². The van der Waals surface area contributed by atoms with E-state index in [1.807, 2.05) is 32.0 Å². The van der Waals surface area contributed by atoms with Crippen LogP contribution < -0.4 is 11.3 Å². The molecule has 2 aromatic rings. The van der Waals surface area contributed by atoms with E-state index in [4.69, 9.17) is 5.73 Å². The van der Waals surface area contributed by atoms with Crippen molar-refractivity contribution in [1.82, 2.24) is 9.97 Å². The SMILES string of the molecule is Cc1ccc(-c2ncc(CN)c(=O)[nH]2)cc1C. The minimum absolute atomic E-state index is 0.171. The summed E-state index contributed by atoms with van der Waals surface area (Å²) in [5.74, 6) is 0.579. The maximum atomic E-state index is 11.6. The molecular formula is C13H15N3O. The number of benzene rings is 1. The molecule has 3 N–H and O–H groups in total. The molecule has 1 heterocycles. The molecule has 1 aromatic carbocycles. The number of aromatic nitrogens is 2. The van der Waals surface area contributed by atoms with E-state index in [9.17, 15) is 4.79 Å². The lowest BCUT2D eigenvalue weighted by molar-refractivity contribution is 0.979. The third kappa shape index (κ3) is 2.26. The quantitative estimate of drug-likeness (QED) is 0.820. The first-order chi connectivity index (χ1) is 8.11. The van der Waals surface area contributed by atoms with Crippen LogP contribution in [-0.4, -0.2) is 9.97 Å². The van der Waals surface area contributed by atoms with Gasteiger partial charge in [-0.1, -0.05) is 12.1 Å². The molecule has 0 aliphatic rings. The fourth-order valence-electron chi connectivity index (χ4n) is 1.60. The van der Waals surface area contributed by atoms with Crippen LogP contribution in [0.25, 0.3) is 11.4 Å². The van der Waals surface area contributed by atoms with Crippen LogP contribution in [0.2, 0.25) is 0 Å². The predicted molar refractivity (Wildman–Crippen MR) is 67.7 cm³/mol. The van der Waals surface area contributed by atoms with Gasteiger partial charge in [-0.3, -0.25) is 4.79 Å². The van der Waals surface area contributed by atoms with Crippen LogP contribution in [0.1, 0.15) is 16.7 Å². The zero-order valence-electron chi connectivity index (χ0n) is 9.95. The van der Waals surface area contributed by atoms with Gasteiger partial charge in [0.15, 0.2) is 0 Å². The molecule has 0 aliphatic heterocycles. The lowest BCUT2D eigenvalue weighted by Crippen LogP contribution is -2.17. The van der Waals surface area contributed by atoms with Crippen molar-refractivity contribution in [2.45, 2.75) is 20.4 Å². The summed E-state index contributed by atoms with van der Waals surface area (Å²) in [6.07, 6.45) is 1.53. The smallest absolute Gasteiger partial charge is 0.255 e. The van der Waals surface area contributed by atoms with Gasteiger partial charge in [-0.05, 0) is 31.0 Å². The molecule has 0 unspecified atom stereocenters. The highest BCUT2D eigenvalue weighted by atomic mass is 16.1. The van der Waals surface area contributed by atoms with Crippen molar-refractivity contribution >= 4 is 0 Å². The molecule has 1 aromatic heterocycles. The van der Waals surface area contributed by atoms with Gasteiger partial charge in [0.2, 0.25) is 0 Å². The molecule has 0 bridgehead atoms. The lowest BCUT2D eigenvalue weighted by Gasteiger charge is -2.05. The Morgan fingerprint density at radius 1 is 1.29 bits per heavy atom. The molecule has 0 saturated heterocycles. The molecule has 4 heteroatoms. The van der Waals surface area contributed by atoms with Crippen LogP contribution in [0.15, 0.2) is 29.2 Å². The van der Waals surface area contributed by atoms with Crippen LogP contribution in [0.3, 0.4) is 0 Å². The fraction of sp³-hybridized carbons (Fsp3) is 0.231. The van der Waals surface area contributed by atoms with Crippen LogP contribution in [0.5, 0.6) is 0 Å². The molecule has 0 atom stereocenters. The monoisotopic (exact) mass is 229 g/mol. The second kappa shape index (κ2) is 4.51. The number of rotatable bonds is 2. The number of H-pyrrole nitrogens is 1. The number of nitrogens with two attached hydrogens (primary N) is 1. The summed E-state index contributed by atoms with van der Waals surface area (Å²) in [7, 11) is 0. The van der Waals surface area contributed by atoms with E-state index in [0.717, 1.165) is 5.56 Å². The first kappa shape index (κ1) is 11.5. The Hall–Kier alpha value is -1.94. The van der Waals surface area contributed by atoms with Crippen molar-refractivity contribution in [3.05, 3.63) is 51.4 Å². The van der Waals surface area contributed by atoms with Crippen LogP contribution in [-0.2, 0) is 6.54 Å². The first-order valence-corrected chi connectivity index (χ1v) is 5.47. The molecule has 2 rings (SSSR count). The zero-order chi connectivity index (χ0) is 12.4. The average Bonchev–Trinajstić information content (AvgIpc) is 2.32. The molecule has 0 saturated carbocycles.